The van der Waals surface area contributed by atoms with E-state index in [2.05, 4.69) is 15.6 Å². The van der Waals surface area contributed by atoms with Crippen LogP contribution in [0.4, 0.5) is 8.78 Å². The lowest BCUT2D eigenvalue weighted by atomic mass is 10.1. The molecule has 0 fully saturated rings. The number of ether oxygens (including phenoxy) is 1. The van der Waals surface area contributed by atoms with E-state index in [1.807, 2.05) is 6.92 Å². The van der Waals surface area contributed by atoms with Gasteiger partial charge in [0, 0.05) is 25.3 Å². The van der Waals surface area contributed by atoms with Crippen molar-refractivity contribution in [3.8, 4) is 0 Å². The van der Waals surface area contributed by atoms with Gasteiger partial charge in [-0.15, -0.1) is 0 Å². The maximum absolute atomic E-state index is 13.7. The molecule has 0 bridgehead atoms. The van der Waals surface area contributed by atoms with Gasteiger partial charge < -0.3 is 15.4 Å². The van der Waals surface area contributed by atoms with Crippen molar-refractivity contribution in [3.05, 3.63) is 35.4 Å². The Morgan fingerprint density at radius 1 is 1.40 bits per heavy atom. The van der Waals surface area contributed by atoms with E-state index in [0.717, 1.165) is 6.07 Å². The molecular weight excluding hydrogens is 264 g/mol. The fourth-order valence-corrected chi connectivity index (χ4v) is 1.70. The topological polar surface area (TPSA) is 45.7 Å². The lowest BCUT2D eigenvalue weighted by Crippen LogP contribution is -2.39. The minimum Gasteiger partial charge on any atom is -0.383 e. The summed E-state index contributed by atoms with van der Waals surface area (Å²) in [5.41, 5.74) is 0.392. The smallest absolute Gasteiger partial charge is 0.191 e. The van der Waals surface area contributed by atoms with Crippen LogP contribution >= 0.6 is 0 Å². The average Bonchev–Trinajstić information content (AvgIpc) is 2.39. The normalized spacial score (nSPS) is 13.2. The maximum Gasteiger partial charge on any atom is 0.191 e. The third-order valence-corrected chi connectivity index (χ3v) is 2.69. The summed E-state index contributed by atoms with van der Waals surface area (Å²) in [6, 6.07) is 3.23. The van der Waals surface area contributed by atoms with Gasteiger partial charge in [0.25, 0.3) is 0 Å². The van der Waals surface area contributed by atoms with Crippen molar-refractivity contribution in [1.82, 2.24) is 10.6 Å². The SMILES string of the molecule is CCNC(=NCCOC)NC(C)c1ccc(F)cc1F. The minimum atomic E-state index is -0.584. The molecule has 2 N–H and O–H groups in total. The highest BCUT2D eigenvalue weighted by Crippen LogP contribution is 2.17. The third-order valence-electron chi connectivity index (χ3n) is 2.69. The van der Waals surface area contributed by atoms with E-state index in [-0.39, 0.29) is 6.04 Å². The van der Waals surface area contributed by atoms with Gasteiger partial charge >= 0.3 is 0 Å². The van der Waals surface area contributed by atoms with Crippen LogP contribution in [0.25, 0.3) is 0 Å². The molecule has 1 atom stereocenters. The Hall–Kier alpha value is -1.69. The number of rotatable bonds is 6. The standard InChI is InChI=1S/C14H21F2N3O/c1-4-17-14(18-7-8-20-3)19-10(2)12-6-5-11(15)9-13(12)16/h5-6,9-10H,4,7-8H2,1-3H3,(H2,17,18,19). The van der Waals surface area contributed by atoms with Gasteiger partial charge in [0.2, 0.25) is 0 Å². The van der Waals surface area contributed by atoms with Crippen LogP contribution in [0, 0.1) is 11.6 Å². The van der Waals surface area contributed by atoms with Gasteiger partial charge in [-0.05, 0) is 19.9 Å². The first-order chi connectivity index (χ1) is 9.58. The zero-order valence-corrected chi connectivity index (χ0v) is 12.0. The summed E-state index contributed by atoms with van der Waals surface area (Å²) in [4.78, 5) is 4.29. The quantitative estimate of drug-likeness (QED) is 0.478. The van der Waals surface area contributed by atoms with Crippen LogP contribution in [0.15, 0.2) is 23.2 Å². The van der Waals surface area contributed by atoms with E-state index < -0.39 is 11.6 Å². The molecule has 0 aromatic heterocycles. The van der Waals surface area contributed by atoms with Crippen LogP contribution in [0.2, 0.25) is 0 Å². The van der Waals surface area contributed by atoms with Gasteiger partial charge in [-0.1, -0.05) is 6.07 Å². The second kappa shape index (κ2) is 8.47. The van der Waals surface area contributed by atoms with E-state index in [1.165, 1.54) is 12.1 Å². The lowest BCUT2D eigenvalue weighted by Gasteiger charge is -2.18. The molecule has 0 aliphatic carbocycles. The summed E-state index contributed by atoms with van der Waals surface area (Å²) < 4.78 is 31.5. The number of nitrogens with one attached hydrogen (secondary N) is 2. The Morgan fingerprint density at radius 2 is 2.15 bits per heavy atom. The molecule has 0 radical (unpaired) electrons. The summed E-state index contributed by atoms with van der Waals surface area (Å²) in [7, 11) is 1.60. The highest BCUT2D eigenvalue weighted by atomic mass is 19.1. The highest BCUT2D eigenvalue weighted by molar-refractivity contribution is 5.80. The predicted molar refractivity (Wildman–Crippen MR) is 75.8 cm³/mol. The van der Waals surface area contributed by atoms with Crippen LogP contribution in [0.1, 0.15) is 25.5 Å². The molecule has 0 spiro atoms. The number of guanidine groups is 1. The number of methoxy groups -OCH3 is 1. The molecule has 6 heteroatoms. The molecule has 0 saturated carbocycles. The number of hydrogen-bond donors (Lipinski definition) is 2. The summed E-state index contributed by atoms with van der Waals surface area (Å²) in [5.74, 6) is -0.586. The second-order valence-electron chi connectivity index (χ2n) is 4.29. The van der Waals surface area contributed by atoms with Crippen molar-refractivity contribution < 1.29 is 13.5 Å². The van der Waals surface area contributed by atoms with Gasteiger partial charge in [-0.25, -0.2) is 8.78 Å². The molecule has 4 nitrogen and oxygen atoms in total. The molecule has 0 saturated heterocycles. The Morgan fingerprint density at radius 3 is 2.75 bits per heavy atom. The number of benzene rings is 1. The number of nitrogens with zero attached hydrogens (tertiary/aromatic N) is 1. The first kappa shape index (κ1) is 16.4. The summed E-state index contributed by atoms with van der Waals surface area (Å²) >= 11 is 0. The van der Waals surface area contributed by atoms with Crippen LogP contribution in [-0.2, 0) is 4.74 Å². The van der Waals surface area contributed by atoms with E-state index in [0.29, 0.717) is 31.2 Å². The highest BCUT2D eigenvalue weighted by Gasteiger charge is 2.12. The van der Waals surface area contributed by atoms with Gasteiger partial charge in [-0.3, -0.25) is 4.99 Å². The number of aliphatic imine (C=N–C) groups is 1. The Bertz CT molecular complexity index is 452. The fourth-order valence-electron chi connectivity index (χ4n) is 1.70. The van der Waals surface area contributed by atoms with Crippen molar-refractivity contribution in [3.63, 3.8) is 0 Å². The second-order valence-corrected chi connectivity index (χ2v) is 4.29. The zero-order chi connectivity index (χ0) is 15.0. The summed E-state index contributed by atoms with van der Waals surface area (Å²) in [5, 5.41) is 6.13. The first-order valence-electron chi connectivity index (χ1n) is 6.57. The van der Waals surface area contributed by atoms with Crippen LogP contribution in [-0.4, -0.2) is 32.8 Å². The molecular formula is C14H21F2N3O. The van der Waals surface area contributed by atoms with Gasteiger partial charge in [-0.2, -0.15) is 0 Å². The van der Waals surface area contributed by atoms with E-state index >= 15 is 0 Å². The lowest BCUT2D eigenvalue weighted by molar-refractivity contribution is 0.208. The minimum absolute atomic E-state index is 0.323. The van der Waals surface area contributed by atoms with Crippen molar-refractivity contribution in [1.29, 1.82) is 0 Å². The summed E-state index contributed by atoms with van der Waals surface area (Å²) in [6.45, 7) is 5.44. The maximum atomic E-state index is 13.7. The van der Waals surface area contributed by atoms with E-state index in [9.17, 15) is 8.78 Å². The molecule has 0 amide bonds. The molecule has 1 aromatic carbocycles. The zero-order valence-electron chi connectivity index (χ0n) is 12.0. The number of halogens is 2. The molecule has 1 unspecified atom stereocenters. The monoisotopic (exact) mass is 285 g/mol. The van der Waals surface area contributed by atoms with Crippen LogP contribution in [0.3, 0.4) is 0 Å². The Labute approximate surface area is 118 Å². The fraction of sp³-hybridized carbons (Fsp3) is 0.500. The summed E-state index contributed by atoms with van der Waals surface area (Å²) in [6.07, 6.45) is 0. The number of hydrogen-bond acceptors (Lipinski definition) is 2. The van der Waals surface area contributed by atoms with Crippen molar-refractivity contribution in [2.45, 2.75) is 19.9 Å². The molecule has 20 heavy (non-hydrogen) atoms. The van der Waals surface area contributed by atoms with Crippen molar-refractivity contribution in [2.75, 3.05) is 26.8 Å². The Balaban J connectivity index is 2.74. The molecule has 0 aliphatic rings. The van der Waals surface area contributed by atoms with E-state index in [4.69, 9.17) is 4.74 Å². The van der Waals surface area contributed by atoms with Crippen molar-refractivity contribution in [2.24, 2.45) is 4.99 Å². The largest absolute Gasteiger partial charge is 0.383 e. The Kier molecular flexibility index (Phi) is 6.93. The molecule has 1 aromatic rings. The van der Waals surface area contributed by atoms with Crippen LogP contribution in [0.5, 0.6) is 0 Å². The average molecular weight is 285 g/mol. The van der Waals surface area contributed by atoms with Crippen molar-refractivity contribution >= 4 is 5.96 Å². The van der Waals surface area contributed by atoms with E-state index in [1.54, 1.807) is 14.0 Å². The molecule has 112 valence electrons. The van der Waals surface area contributed by atoms with Gasteiger partial charge in [0.15, 0.2) is 5.96 Å². The first-order valence-corrected chi connectivity index (χ1v) is 6.57. The van der Waals surface area contributed by atoms with Crippen LogP contribution < -0.4 is 10.6 Å². The third kappa shape index (κ3) is 5.13. The molecule has 0 aliphatic heterocycles. The van der Waals surface area contributed by atoms with Gasteiger partial charge in [0.05, 0.1) is 19.2 Å². The molecule has 0 heterocycles. The predicted octanol–water partition coefficient (Wildman–Crippen LogP) is 2.23. The van der Waals surface area contributed by atoms with Gasteiger partial charge in [0.1, 0.15) is 11.6 Å². The molecule has 1 rings (SSSR count).